The number of hydrogen-bond acceptors (Lipinski definition) is 3. The standard InChI is InChI=1S/C12H21N3O/c1-10-7-11(15(2)14-10)8-13-12(9-16)5-3-4-6-12/h7,13,16H,3-6,8-9H2,1-2H3. The molecule has 1 aromatic rings. The summed E-state index contributed by atoms with van der Waals surface area (Å²) in [5.41, 5.74) is 2.18. The highest BCUT2D eigenvalue weighted by Gasteiger charge is 2.32. The van der Waals surface area contributed by atoms with Crippen molar-refractivity contribution in [2.75, 3.05) is 6.61 Å². The first-order valence-electron chi connectivity index (χ1n) is 6.01. The van der Waals surface area contributed by atoms with Crippen LogP contribution in [-0.2, 0) is 13.6 Å². The van der Waals surface area contributed by atoms with Crippen LogP contribution in [0.2, 0.25) is 0 Å². The average molecular weight is 223 g/mol. The number of hydrogen-bond donors (Lipinski definition) is 2. The van der Waals surface area contributed by atoms with E-state index in [1.54, 1.807) is 0 Å². The zero-order chi connectivity index (χ0) is 11.6. The van der Waals surface area contributed by atoms with E-state index in [9.17, 15) is 5.11 Å². The van der Waals surface area contributed by atoms with E-state index in [1.165, 1.54) is 18.5 Å². The summed E-state index contributed by atoms with van der Waals surface area (Å²) in [6.45, 7) is 3.03. The van der Waals surface area contributed by atoms with E-state index >= 15 is 0 Å². The molecule has 0 radical (unpaired) electrons. The van der Waals surface area contributed by atoms with Crippen LogP contribution in [0.3, 0.4) is 0 Å². The molecule has 0 bridgehead atoms. The second kappa shape index (κ2) is 4.55. The number of nitrogens with one attached hydrogen (secondary N) is 1. The van der Waals surface area contributed by atoms with Gasteiger partial charge in [0.05, 0.1) is 18.0 Å². The van der Waals surface area contributed by atoms with Crippen molar-refractivity contribution in [3.63, 3.8) is 0 Å². The summed E-state index contributed by atoms with van der Waals surface area (Å²) < 4.78 is 1.91. The molecular weight excluding hydrogens is 202 g/mol. The van der Waals surface area contributed by atoms with Crippen LogP contribution in [0.5, 0.6) is 0 Å². The van der Waals surface area contributed by atoms with E-state index in [0.717, 1.165) is 25.1 Å². The Bertz CT molecular complexity index is 353. The molecule has 2 N–H and O–H groups in total. The van der Waals surface area contributed by atoms with Crippen LogP contribution in [0.4, 0.5) is 0 Å². The molecule has 0 atom stereocenters. The third-order valence-corrected chi connectivity index (χ3v) is 3.61. The van der Waals surface area contributed by atoms with Gasteiger partial charge in [-0.25, -0.2) is 0 Å². The molecule has 0 spiro atoms. The van der Waals surface area contributed by atoms with Gasteiger partial charge in [0.2, 0.25) is 0 Å². The molecule has 0 amide bonds. The van der Waals surface area contributed by atoms with E-state index in [4.69, 9.17) is 0 Å². The van der Waals surface area contributed by atoms with Crippen molar-refractivity contribution in [3.8, 4) is 0 Å². The summed E-state index contributed by atoms with van der Waals surface area (Å²) in [6, 6.07) is 2.09. The van der Waals surface area contributed by atoms with Gasteiger partial charge in [-0.05, 0) is 25.8 Å². The molecule has 4 heteroatoms. The predicted octanol–water partition coefficient (Wildman–Crippen LogP) is 1.12. The molecule has 16 heavy (non-hydrogen) atoms. The number of aryl methyl sites for hydroxylation is 2. The van der Waals surface area contributed by atoms with Gasteiger partial charge in [-0.3, -0.25) is 4.68 Å². The van der Waals surface area contributed by atoms with Gasteiger partial charge in [-0.2, -0.15) is 5.10 Å². The molecule has 90 valence electrons. The normalized spacial score (nSPS) is 19.2. The van der Waals surface area contributed by atoms with Crippen LogP contribution in [0.1, 0.15) is 37.1 Å². The second-order valence-corrected chi connectivity index (χ2v) is 4.90. The Morgan fingerprint density at radius 2 is 2.19 bits per heavy atom. The number of nitrogens with zero attached hydrogens (tertiary/aromatic N) is 2. The van der Waals surface area contributed by atoms with Crippen LogP contribution in [0.25, 0.3) is 0 Å². The number of rotatable bonds is 4. The summed E-state index contributed by atoms with van der Waals surface area (Å²) in [5, 5.41) is 17.3. The van der Waals surface area contributed by atoms with Gasteiger partial charge < -0.3 is 10.4 Å². The van der Waals surface area contributed by atoms with Gasteiger partial charge in [0.15, 0.2) is 0 Å². The minimum atomic E-state index is -0.0435. The zero-order valence-corrected chi connectivity index (χ0v) is 10.2. The van der Waals surface area contributed by atoms with E-state index in [-0.39, 0.29) is 12.1 Å². The maximum absolute atomic E-state index is 9.48. The maximum Gasteiger partial charge on any atom is 0.0613 e. The average Bonchev–Trinajstić information content (AvgIpc) is 2.84. The molecule has 1 fully saturated rings. The lowest BCUT2D eigenvalue weighted by Gasteiger charge is -2.28. The van der Waals surface area contributed by atoms with Gasteiger partial charge >= 0.3 is 0 Å². The van der Waals surface area contributed by atoms with Crippen LogP contribution >= 0.6 is 0 Å². The van der Waals surface area contributed by atoms with Crippen molar-refractivity contribution < 1.29 is 5.11 Å². The van der Waals surface area contributed by atoms with Crippen LogP contribution in [0, 0.1) is 6.92 Å². The largest absolute Gasteiger partial charge is 0.394 e. The molecule has 1 saturated carbocycles. The lowest BCUT2D eigenvalue weighted by atomic mass is 9.99. The number of aliphatic hydroxyl groups excluding tert-OH is 1. The highest BCUT2D eigenvalue weighted by atomic mass is 16.3. The van der Waals surface area contributed by atoms with Crippen molar-refractivity contribution in [1.82, 2.24) is 15.1 Å². The summed E-state index contributed by atoms with van der Waals surface area (Å²) in [7, 11) is 1.96. The fourth-order valence-electron chi connectivity index (χ4n) is 2.55. The fraction of sp³-hybridized carbons (Fsp3) is 0.750. The van der Waals surface area contributed by atoms with Gasteiger partial charge in [0.1, 0.15) is 0 Å². The highest BCUT2D eigenvalue weighted by molar-refractivity contribution is 5.09. The van der Waals surface area contributed by atoms with Crippen LogP contribution < -0.4 is 5.32 Å². The molecule has 0 aromatic carbocycles. The molecule has 0 unspecified atom stereocenters. The monoisotopic (exact) mass is 223 g/mol. The number of aliphatic hydroxyl groups is 1. The van der Waals surface area contributed by atoms with E-state index in [1.807, 2.05) is 18.7 Å². The molecule has 1 aliphatic rings. The Morgan fingerprint density at radius 1 is 1.50 bits per heavy atom. The van der Waals surface area contributed by atoms with Crippen molar-refractivity contribution in [1.29, 1.82) is 0 Å². The molecule has 0 aliphatic heterocycles. The van der Waals surface area contributed by atoms with Gasteiger partial charge in [0, 0.05) is 19.1 Å². The molecule has 1 aromatic heterocycles. The molecule has 0 saturated heterocycles. The van der Waals surface area contributed by atoms with Gasteiger partial charge in [-0.1, -0.05) is 12.8 Å². The van der Waals surface area contributed by atoms with Crippen molar-refractivity contribution in [3.05, 3.63) is 17.5 Å². The first kappa shape index (κ1) is 11.6. The summed E-state index contributed by atoms with van der Waals surface area (Å²) >= 11 is 0. The number of aromatic nitrogens is 2. The smallest absolute Gasteiger partial charge is 0.0613 e. The lowest BCUT2D eigenvalue weighted by molar-refractivity contribution is 0.162. The third-order valence-electron chi connectivity index (χ3n) is 3.61. The Morgan fingerprint density at radius 3 is 2.69 bits per heavy atom. The van der Waals surface area contributed by atoms with Crippen LogP contribution in [-0.4, -0.2) is 27.0 Å². The third kappa shape index (κ3) is 2.28. The van der Waals surface area contributed by atoms with E-state index in [2.05, 4.69) is 16.5 Å². The summed E-state index contributed by atoms with van der Waals surface area (Å²) in [6.07, 6.45) is 4.61. The van der Waals surface area contributed by atoms with Crippen molar-refractivity contribution in [2.45, 2.75) is 44.7 Å². The summed E-state index contributed by atoms with van der Waals surface area (Å²) in [4.78, 5) is 0. The maximum atomic E-state index is 9.48. The molecule has 1 aliphatic carbocycles. The lowest BCUT2D eigenvalue weighted by Crippen LogP contribution is -2.45. The van der Waals surface area contributed by atoms with Crippen LogP contribution in [0.15, 0.2) is 6.07 Å². The zero-order valence-electron chi connectivity index (χ0n) is 10.2. The highest BCUT2D eigenvalue weighted by Crippen LogP contribution is 2.29. The summed E-state index contributed by atoms with van der Waals surface area (Å²) in [5.74, 6) is 0. The topological polar surface area (TPSA) is 50.1 Å². The quantitative estimate of drug-likeness (QED) is 0.804. The predicted molar refractivity (Wildman–Crippen MR) is 63.1 cm³/mol. The fourth-order valence-corrected chi connectivity index (χ4v) is 2.55. The van der Waals surface area contributed by atoms with Gasteiger partial charge in [0.25, 0.3) is 0 Å². The van der Waals surface area contributed by atoms with Crippen molar-refractivity contribution >= 4 is 0 Å². The Balaban J connectivity index is 1.98. The van der Waals surface area contributed by atoms with E-state index in [0.29, 0.717) is 0 Å². The Kier molecular flexibility index (Phi) is 3.30. The Labute approximate surface area is 96.7 Å². The SMILES string of the molecule is Cc1cc(CNC2(CO)CCCC2)n(C)n1. The first-order valence-corrected chi connectivity index (χ1v) is 6.01. The first-order chi connectivity index (χ1) is 7.65. The second-order valence-electron chi connectivity index (χ2n) is 4.90. The molecule has 1 heterocycles. The van der Waals surface area contributed by atoms with E-state index < -0.39 is 0 Å². The molecule has 4 nitrogen and oxygen atoms in total. The molecular formula is C12H21N3O. The minimum absolute atomic E-state index is 0.0435. The Hall–Kier alpha value is -0.870. The van der Waals surface area contributed by atoms with Gasteiger partial charge in [-0.15, -0.1) is 0 Å². The minimum Gasteiger partial charge on any atom is -0.394 e. The van der Waals surface area contributed by atoms with Crippen molar-refractivity contribution in [2.24, 2.45) is 7.05 Å². The molecule has 2 rings (SSSR count).